The monoisotopic (exact) mass is 205 g/mol. The molecule has 0 fully saturated rings. The van der Waals surface area contributed by atoms with Crippen LogP contribution in [0.2, 0.25) is 0 Å². The maximum Gasteiger partial charge on any atom is 0.341 e. The Bertz CT molecular complexity index is 420. The summed E-state index contributed by atoms with van der Waals surface area (Å²) in [7, 11) is 0. The van der Waals surface area contributed by atoms with Crippen molar-refractivity contribution in [1.29, 1.82) is 0 Å². The second-order valence-corrected chi connectivity index (χ2v) is 3.05. The van der Waals surface area contributed by atoms with Crippen molar-refractivity contribution < 1.29 is 14.6 Å². The van der Waals surface area contributed by atoms with Crippen LogP contribution < -0.4 is 4.74 Å². The van der Waals surface area contributed by atoms with Gasteiger partial charge in [0, 0.05) is 18.0 Å². The predicted molar refractivity (Wildman–Crippen MR) is 54.9 cm³/mol. The number of hydrogen-bond donors (Lipinski definition) is 1. The Kier molecular flexibility index (Phi) is 3.29. The van der Waals surface area contributed by atoms with Gasteiger partial charge in [0.1, 0.15) is 11.3 Å². The number of aromatic nitrogens is 1. The Morgan fingerprint density at radius 2 is 2.40 bits per heavy atom. The summed E-state index contributed by atoms with van der Waals surface area (Å²) < 4.78 is 5.28. The van der Waals surface area contributed by atoms with Gasteiger partial charge in [-0.3, -0.25) is 4.98 Å². The zero-order valence-corrected chi connectivity index (χ0v) is 8.52. The standard InChI is InChI=1S/C11H11NO3/c1-4-8(3)15-10-5-7(2)12-6-9(10)11(13)14/h1,5-6,8H,2-3H3,(H,13,14). The van der Waals surface area contributed by atoms with E-state index < -0.39 is 12.1 Å². The molecule has 4 nitrogen and oxygen atoms in total. The van der Waals surface area contributed by atoms with Gasteiger partial charge in [0.05, 0.1) is 0 Å². The highest BCUT2D eigenvalue weighted by Crippen LogP contribution is 2.19. The molecule has 0 saturated heterocycles. The molecule has 0 aliphatic rings. The first kappa shape index (κ1) is 11.1. The molecule has 1 rings (SSSR count). The quantitative estimate of drug-likeness (QED) is 0.759. The van der Waals surface area contributed by atoms with Crippen molar-refractivity contribution in [3.63, 3.8) is 0 Å². The topological polar surface area (TPSA) is 59.4 Å². The third-order valence-electron chi connectivity index (χ3n) is 1.77. The van der Waals surface area contributed by atoms with Crippen LogP contribution in [0.15, 0.2) is 12.3 Å². The maximum absolute atomic E-state index is 10.8. The van der Waals surface area contributed by atoms with E-state index in [-0.39, 0.29) is 11.3 Å². The minimum atomic E-state index is -1.08. The highest BCUT2D eigenvalue weighted by molar-refractivity contribution is 5.90. The van der Waals surface area contributed by atoms with Gasteiger partial charge in [0.25, 0.3) is 0 Å². The fourth-order valence-corrected chi connectivity index (χ4v) is 1.02. The fourth-order valence-electron chi connectivity index (χ4n) is 1.02. The molecule has 0 aliphatic carbocycles. The molecule has 15 heavy (non-hydrogen) atoms. The van der Waals surface area contributed by atoms with Gasteiger partial charge in [-0.2, -0.15) is 0 Å². The van der Waals surface area contributed by atoms with Gasteiger partial charge in [-0.05, 0) is 13.8 Å². The van der Waals surface area contributed by atoms with Gasteiger partial charge >= 0.3 is 5.97 Å². The van der Waals surface area contributed by atoms with Crippen molar-refractivity contribution in [2.75, 3.05) is 0 Å². The Hall–Kier alpha value is -2.02. The molecule has 78 valence electrons. The molecule has 0 bridgehead atoms. The second-order valence-electron chi connectivity index (χ2n) is 3.05. The van der Waals surface area contributed by atoms with Crippen LogP contribution in [0.3, 0.4) is 0 Å². The molecule has 0 aromatic carbocycles. The van der Waals surface area contributed by atoms with Crippen LogP contribution in [0, 0.1) is 19.3 Å². The van der Waals surface area contributed by atoms with Crippen LogP contribution in [0.1, 0.15) is 23.0 Å². The van der Waals surface area contributed by atoms with Gasteiger partial charge in [0.2, 0.25) is 0 Å². The van der Waals surface area contributed by atoms with E-state index in [1.165, 1.54) is 6.20 Å². The number of hydrogen-bond acceptors (Lipinski definition) is 3. The first-order valence-corrected chi connectivity index (χ1v) is 4.37. The smallest absolute Gasteiger partial charge is 0.341 e. The van der Waals surface area contributed by atoms with E-state index in [1.54, 1.807) is 19.9 Å². The molecule has 0 spiro atoms. The number of carboxylic acids is 1. The molecule has 0 saturated carbocycles. The minimum Gasteiger partial charge on any atom is -0.477 e. The Morgan fingerprint density at radius 3 is 2.93 bits per heavy atom. The molecule has 0 radical (unpaired) electrons. The molecule has 1 N–H and O–H groups in total. The number of nitrogens with zero attached hydrogens (tertiary/aromatic N) is 1. The lowest BCUT2D eigenvalue weighted by Gasteiger charge is -2.11. The van der Waals surface area contributed by atoms with Crippen LogP contribution >= 0.6 is 0 Å². The van der Waals surface area contributed by atoms with Gasteiger partial charge in [0.15, 0.2) is 6.10 Å². The lowest BCUT2D eigenvalue weighted by molar-refractivity contribution is 0.0691. The lowest BCUT2D eigenvalue weighted by atomic mass is 10.2. The molecule has 0 amide bonds. The summed E-state index contributed by atoms with van der Waals surface area (Å²) in [4.78, 5) is 14.7. The number of rotatable bonds is 3. The largest absolute Gasteiger partial charge is 0.477 e. The molecule has 1 aromatic heterocycles. The van der Waals surface area contributed by atoms with Gasteiger partial charge in [-0.1, -0.05) is 5.92 Å². The fraction of sp³-hybridized carbons (Fsp3) is 0.273. The number of terminal acetylenes is 1. The van der Waals surface area contributed by atoms with E-state index in [2.05, 4.69) is 10.9 Å². The average Bonchev–Trinajstić information content (AvgIpc) is 2.17. The summed E-state index contributed by atoms with van der Waals surface area (Å²) in [6.07, 6.45) is 5.94. The molecule has 1 atom stereocenters. The van der Waals surface area contributed by atoms with Crippen molar-refractivity contribution in [3.8, 4) is 18.1 Å². The zero-order valence-electron chi connectivity index (χ0n) is 8.52. The second kappa shape index (κ2) is 4.47. The van der Waals surface area contributed by atoms with E-state index in [1.807, 2.05) is 0 Å². The molecule has 1 heterocycles. The van der Waals surface area contributed by atoms with E-state index in [0.29, 0.717) is 5.69 Å². The Balaban J connectivity index is 3.08. The van der Waals surface area contributed by atoms with Crippen LogP contribution in [0.5, 0.6) is 5.75 Å². The van der Waals surface area contributed by atoms with Crippen molar-refractivity contribution in [1.82, 2.24) is 4.98 Å². The summed E-state index contributed by atoms with van der Waals surface area (Å²) in [5.41, 5.74) is 0.696. The first-order chi connectivity index (χ1) is 7.04. The van der Waals surface area contributed by atoms with Crippen molar-refractivity contribution in [3.05, 3.63) is 23.5 Å². The minimum absolute atomic E-state index is 0.0164. The highest BCUT2D eigenvalue weighted by Gasteiger charge is 2.13. The molecule has 0 aliphatic heterocycles. The van der Waals surface area contributed by atoms with Crippen LogP contribution in [-0.4, -0.2) is 22.2 Å². The normalized spacial score (nSPS) is 11.5. The molecular weight excluding hydrogens is 194 g/mol. The molecule has 1 unspecified atom stereocenters. The van der Waals surface area contributed by atoms with Crippen LogP contribution in [0.4, 0.5) is 0 Å². The van der Waals surface area contributed by atoms with Crippen LogP contribution in [0.25, 0.3) is 0 Å². The average molecular weight is 205 g/mol. The third-order valence-corrected chi connectivity index (χ3v) is 1.77. The highest BCUT2D eigenvalue weighted by atomic mass is 16.5. The van der Waals surface area contributed by atoms with Crippen molar-refractivity contribution >= 4 is 5.97 Å². The SMILES string of the molecule is C#CC(C)Oc1cc(C)ncc1C(=O)O. The molecule has 1 aromatic rings. The van der Waals surface area contributed by atoms with E-state index in [9.17, 15) is 4.79 Å². The van der Waals surface area contributed by atoms with Gasteiger partial charge in [-0.25, -0.2) is 4.79 Å². The summed E-state index contributed by atoms with van der Waals surface area (Å²) in [6.45, 7) is 3.42. The van der Waals surface area contributed by atoms with Gasteiger partial charge < -0.3 is 9.84 Å². The number of ether oxygens (including phenoxy) is 1. The molecule has 4 heteroatoms. The Labute approximate surface area is 87.9 Å². The maximum atomic E-state index is 10.8. The summed E-state index contributed by atoms with van der Waals surface area (Å²) in [5.74, 6) is 1.53. The number of pyridine rings is 1. The number of aryl methyl sites for hydroxylation is 1. The molecular formula is C11H11NO3. The van der Waals surface area contributed by atoms with Gasteiger partial charge in [-0.15, -0.1) is 6.42 Å². The summed E-state index contributed by atoms with van der Waals surface area (Å²) >= 11 is 0. The Morgan fingerprint density at radius 1 is 1.73 bits per heavy atom. The van der Waals surface area contributed by atoms with Crippen LogP contribution in [-0.2, 0) is 0 Å². The third kappa shape index (κ3) is 2.71. The predicted octanol–water partition coefficient (Wildman–Crippen LogP) is 1.49. The van der Waals surface area contributed by atoms with E-state index in [4.69, 9.17) is 16.3 Å². The zero-order chi connectivity index (χ0) is 11.4. The van der Waals surface area contributed by atoms with Crippen molar-refractivity contribution in [2.24, 2.45) is 0 Å². The van der Waals surface area contributed by atoms with E-state index in [0.717, 1.165) is 0 Å². The lowest BCUT2D eigenvalue weighted by Crippen LogP contribution is -2.12. The summed E-state index contributed by atoms with van der Waals surface area (Å²) in [6, 6.07) is 1.55. The number of carboxylic acid groups (broad SMARTS) is 1. The number of carbonyl (C=O) groups is 1. The van der Waals surface area contributed by atoms with E-state index >= 15 is 0 Å². The summed E-state index contributed by atoms with van der Waals surface area (Å²) in [5, 5.41) is 8.87. The number of aromatic carboxylic acids is 1. The first-order valence-electron chi connectivity index (χ1n) is 4.37. The van der Waals surface area contributed by atoms with Crippen molar-refractivity contribution in [2.45, 2.75) is 20.0 Å².